The molecule has 4 aromatic carbocycles. The van der Waals surface area contributed by atoms with Crippen LogP contribution in [-0.2, 0) is 11.2 Å². The van der Waals surface area contributed by atoms with Crippen LogP contribution in [0.5, 0.6) is 5.75 Å². The van der Waals surface area contributed by atoms with Crippen LogP contribution in [0.15, 0.2) is 84.9 Å². The zero-order valence-corrected chi connectivity index (χ0v) is 21.5. The molecule has 1 aliphatic heterocycles. The molecular weight excluding hydrogens is 512 g/mol. The Morgan fingerprint density at radius 2 is 1.70 bits per heavy atom. The van der Waals surface area contributed by atoms with E-state index in [4.69, 9.17) is 4.74 Å². The largest absolute Gasteiger partial charge is 0.490 e. The van der Waals surface area contributed by atoms with Crippen molar-refractivity contribution in [1.29, 1.82) is 0 Å². The summed E-state index contributed by atoms with van der Waals surface area (Å²) in [6.07, 6.45) is -0.350. The number of aryl methyl sites for hydroxylation is 1. The lowest BCUT2D eigenvalue weighted by molar-refractivity contribution is -0.385. The number of aliphatic hydroxyl groups is 1. The van der Waals surface area contributed by atoms with Gasteiger partial charge in [0.1, 0.15) is 6.10 Å². The van der Waals surface area contributed by atoms with E-state index in [1.807, 2.05) is 30.3 Å². The van der Waals surface area contributed by atoms with Gasteiger partial charge < -0.3 is 25.8 Å². The average Bonchev–Trinajstić information content (AvgIpc) is 3.10. The fourth-order valence-corrected chi connectivity index (χ4v) is 4.51. The van der Waals surface area contributed by atoms with E-state index >= 15 is 0 Å². The monoisotopic (exact) mass is 538 g/mol. The number of nitrogens with zero attached hydrogens (tertiary/aromatic N) is 1. The summed E-state index contributed by atoms with van der Waals surface area (Å²) in [6, 6.07) is 24.4. The number of nitro benzene ring substituents is 1. The Morgan fingerprint density at radius 1 is 0.950 bits per heavy atom. The summed E-state index contributed by atoms with van der Waals surface area (Å²) in [5, 5.41) is 30.4. The van der Waals surface area contributed by atoms with Crippen LogP contribution in [0.25, 0.3) is 11.1 Å². The highest BCUT2D eigenvalue weighted by molar-refractivity contribution is 6.13. The first-order valence-corrected chi connectivity index (χ1v) is 12.5. The molecule has 0 bridgehead atoms. The van der Waals surface area contributed by atoms with E-state index in [-0.39, 0.29) is 23.8 Å². The Balaban J connectivity index is 1.33. The first-order chi connectivity index (χ1) is 19.3. The third-order valence-corrected chi connectivity index (χ3v) is 6.63. The quantitative estimate of drug-likeness (QED) is 0.171. The van der Waals surface area contributed by atoms with Crippen LogP contribution >= 0.6 is 0 Å². The number of anilines is 4. The normalized spacial score (nSPS) is 12.6. The molecule has 10 nitrogen and oxygen atoms in total. The Bertz CT molecular complexity index is 1610. The molecule has 1 aliphatic rings. The van der Waals surface area contributed by atoms with Crippen LogP contribution in [0.1, 0.15) is 22.3 Å². The summed E-state index contributed by atoms with van der Waals surface area (Å²) in [7, 11) is 1.37. The molecule has 0 unspecified atom stereocenters. The molecule has 10 heteroatoms. The molecule has 0 spiro atoms. The van der Waals surface area contributed by atoms with Crippen molar-refractivity contribution in [1.82, 2.24) is 0 Å². The average molecular weight is 539 g/mol. The number of aliphatic hydroxyl groups excluding tert-OH is 1. The number of benzene rings is 4. The molecule has 1 atom stereocenters. The number of fused-ring (bicyclic) bond motifs is 2. The Kier molecular flexibility index (Phi) is 7.43. The molecule has 0 fully saturated rings. The van der Waals surface area contributed by atoms with Crippen molar-refractivity contribution >= 4 is 40.3 Å². The first-order valence-electron chi connectivity index (χ1n) is 12.5. The van der Waals surface area contributed by atoms with Crippen LogP contribution in [0.2, 0.25) is 0 Å². The number of hydrogen-bond donors (Lipinski definition) is 4. The highest BCUT2D eigenvalue weighted by atomic mass is 16.6. The molecule has 0 saturated carbocycles. The zero-order chi connectivity index (χ0) is 28.2. The van der Waals surface area contributed by atoms with Crippen molar-refractivity contribution < 1.29 is 24.4 Å². The molecule has 4 N–H and O–H groups in total. The predicted octanol–water partition coefficient (Wildman–Crippen LogP) is 5.51. The first kappa shape index (κ1) is 26.4. The van der Waals surface area contributed by atoms with Gasteiger partial charge in [-0.2, -0.15) is 0 Å². The second kappa shape index (κ2) is 11.3. The van der Waals surface area contributed by atoms with Gasteiger partial charge in [0.25, 0.3) is 11.8 Å². The summed E-state index contributed by atoms with van der Waals surface area (Å²) in [6.45, 7) is 0. The molecule has 0 radical (unpaired) electrons. The smallest absolute Gasteiger partial charge is 0.310 e. The maximum absolute atomic E-state index is 13.0. The summed E-state index contributed by atoms with van der Waals surface area (Å²) < 4.78 is 5.19. The number of carbonyl (C=O) groups is 2. The number of carbonyl (C=O) groups excluding carboxylic acids is 2. The van der Waals surface area contributed by atoms with Crippen LogP contribution in [0, 0.1) is 10.1 Å². The third kappa shape index (κ3) is 5.62. The molecule has 0 aromatic heterocycles. The molecule has 2 amide bonds. The topological polar surface area (TPSA) is 143 Å². The summed E-state index contributed by atoms with van der Waals surface area (Å²) in [5.74, 6) is -0.746. The Hall–Kier alpha value is -5.22. The molecule has 202 valence electrons. The van der Waals surface area contributed by atoms with Crippen LogP contribution < -0.4 is 20.7 Å². The minimum atomic E-state index is -1.19. The van der Waals surface area contributed by atoms with Crippen molar-refractivity contribution in [3.8, 4) is 16.9 Å². The number of amides is 2. The van der Waals surface area contributed by atoms with Crippen LogP contribution in [-0.4, -0.2) is 35.1 Å². The van der Waals surface area contributed by atoms with E-state index in [1.165, 1.54) is 13.2 Å². The SMILES string of the molecule is COc1cc(-c2ccc3c(c2)Nc2ccc(NC(=O)[C@H](O)CCc4ccccc4)cc2NC3=O)ccc1[N+](=O)[O-]. The number of ether oxygens (including phenoxy) is 1. The highest BCUT2D eigenvalue weighted by Gasteiger charge is 2.22. The number of nitro groups is 1. The second-order valence-corrected chi connectivity index (χ2v) is 9.27. The lowest BCUT2D eigenvalue weighted by Gasteiger charge is -2.14. The third-order valence-electron chi connectivity index (χ3n) is 6.63. The number of methoxy groups -OCH3 is 1. The van der Waals surface area contributed by atoms with Gasteiger partial charge in [0.2, 0.25) is 0 Å². The van der Waals surface area contributed by atoms with Gasteiger partial charge in [0.15, 0.2) is 5.75 Å². The molecule has 0 saturated heterocycles. The number of rotatable bonds is 8. The summed E-state index contributed by atoms with van der Waals surface area (Å²) >= 11 is 0. The highest BCUT2D eigenvalue weighted by Crippen LogP contribution is 2.38. The Labute approximate surface area is 229 Å². The van der Waals surface area contributed by atoms with E-state index < -0.39 is 16.9 Å². The van der Waals surface area contributed by atoms with Gasteiger partial charge in [-0.05, 0) is 72.0 Å². The number of nitrogens with one attached hydrogen (secondary N) is 3. The molecular formula is C30H26N4O6. The zero-order valence-electron chi connectivity index (χ0n) is 21.5. The van der Waals surface area contributed by atoms with Crippen molar-refractivity contribution in [2.24, 2.45) is 0 Å². The molecule has 0 aliphatic carbocycles. The van der Waals surface area contributed by atoms with Gasteiger partial charge in [-0.3, -0.25) is 19.7 Å². The fourth-order valence-electron chi connectivity index (χ4n) is 4.51. The molecule has 1 heterocycles. The van der Waals surface area contributed by atoms with Gasteiger partial charge in [-0.25, -0.2) is 0 Å². The lowest BCUT2D eigenvalue weighted by Crippen LogP contribution is -2.28. The minimum absolute atomic E-state index is 0.133. The van der Waals surface area contributed by atoms with Gasteiger partial charge in [-0.1, -0.05) is 36.4 Å². The van der Waals surface area contributed by atoms with Crippen LogP contribution in [0.4, 0.5) is 28.4 Å². The maximum atomic E-state index is 13.0. The van der Waals surface area contributed by atoms with Crippen LogP contribution in [0.3, 0.4) is 0 Å². The van der Waals surface area contributed by atoms with E-state index in [2.05, 4.69) is 16.0 Å². The predicted molar refractivity (Wildman–Crippen MR) is 152 cm³/mol. The van der Waals surface area contributed by atoms with Gasteiger partial charge in [-0.15, -0.1) is 0 Å². The van der Waals surface area contributed by atoms with E-state index in [0.29, 0.717) is 40.3 Å². The minimum Gasteiger partial charge on any atom is -0.490 e. The van der Waals surface area contributed by atoms with E-state index in [9.17, 15) is 24.8 Å². The molecule has 4 aromatic rings. The fraction of sp³-hybridized carbons (Fsp3) is 0.133. The molecule has 5 rings (SSSR count). The van der Waals surface area contributed by atoms with E-state index in [1.54, 1.807) is 48.5 Å². The standard InChI is InChI=1S/C30H26N4O6/c1-40-28-16-20(9-13-26(28)34(38)39)19-8-11-22-24(15-19)32-23-12-10-21(17-25(23)33-29(22)36)31-30(37)27(35)14-7-18-5-3-2-4-6-18/h2-6,8-13,15-17,27,32,35H,7,14H2,1H3,(H,31,37)(H,33,36)/t27-/m1/s1. The van der Waals surface area contributed by atoms with Gasteiger partial charge in [0, 0.05) is 11.8 Å². The van der Waals surface area contributed by atoms with E-state index in [0.717, 1.165) is 11.1 Å². The lowest BCUT2D eigenvalue weighted by atomic mass is 10.0. The van der Waals surface area contributed by atoms with Crippen molar-refractivity contribution in [3.63, 3.8) is 0 Å². The van der Waals surface area contributed by atoms with Crippen molar-refractivity contribution in [2.75, 3.05) is 23.1 Å². The molecule has 40 heavy (non-hydrogen) atoms. The van der Waals surface area contributed by atoms with Crippen molar-refractivity contribution in [3.05, 3.63) is 106 Å². The summed E-state index contributed by atoms with van der Waals surface area (Å²) in [5.41, 5.74) is 4.72. The maximum Gasteiger partial charge on any atom is 0.310 e. The number of hydrogen-bond acceptors (Lipinski definition) is 7. The van der Waals surface area contributed by atoms with Crippen molar-refractivity contribution in [2.45, 2.75) is 18.9 Å². The van der Waals surface area contributed by atoms with Gasteiger partial charge in [0.05, 0.1) is 34.7 Å². The van der Waals surface area contributed by atoms with Gasteiger partial charge >= 0.3 is 5.69 Å². The Morgan fingerprint density at radius 3 is 2.45 bits per heavy atom. The summed E-state index contributed by atoms with van der Waals surface area (Å²) in [4.78, 5) is 36.3. The second-order valence-electron chi connectivity index (χ2n) is 9.27.